The number of carbonyl (C=O) groups excluding carboxylic acids is 4. The summed E-state index contributed by atoms with van der Waals surface area (Å²) < 4.78 is 7.57. The number of pyridine rings is 2. The van der Waals surface area contributed by atoms with Gasteiger partial charge in [0.25, 0.3) is 0 Å². The molecular formula is C29H33N9O5. The first kappa shape index (κ1) is 30.6. The van der Waals surface area contributed by atoms with Gasteiger partial charge in [0.05, 0.1) is 30.9 Å². The van der Waals surface area contributed by atoms with Crippen LogP contribution in [-0.2, 0) is 37.0 Å². The lowest BCUT2D eigenvalue weighted by Gasteiger charge is -2.18. The predicted molar refractivity (Wildman–Crippen MR) is 155 cm³/mol. The third-order valence-electron chi connectivity index (χ3n) is 6.33. The molecule has 0 aromatic carbocycles. The van der Waals surface area contributed by atoms with Crippen LogP contribution in [0.2, 0.25) is 0 Å². The van der Waals surface area contributed by atoms with Gasteiger partial charge >= 0.3 is 5.97 Å². The molecule has 0 aliphatic rings. The lowest BCUT2D eigenvalue weighted by atomic mass is 10.1. The van der Waals surface area contributed by atoms with Gasteiger partial charge in [0.2, 0.25) is 17.7 Å². The maximum absolute atomic E-state index is 12.8. The molecule has 0 spiro atoms. The molecule has 1 atom stereocenters. The fraction of sp³-hybridized carbons (Fsp3) is 0.310. The third kappa shape index (κ3) is 9.59. The predicted octanol–water partition coefficient (Wildman–Crippen LogP) is 0.964. The number of nitrogens with one attached hydrogen (secondary N) is 3. The summed E-state index contributed by atoms with van der Waals surface area (Å²) in [5, 5.41) is 16.5. The van der Waals surface area contributed by atoms with Gasteiger partial charge in [0.15, 0.2) is 0 Å². The Balaban J connectivity index is 1.23. The van der Waals surface area contributed by atoms with Gasteiger partial charge in [0, 0.05) is 42.5 Å². The van der Waals surface area contributed by atoms with Gasteiger partial charge in [-0.25, -0.2) is 0 Å². The van der Waals surface area contributed by atoms with Crippen molar-refractivity contribution in [2.45, 2.75) is 38.4 Å². The molecule has 224 valence electrons. The SMILES string of the molecule is COC(=O)CNC(=O)[C@H](CCCCNC(=O)Cn1cc(-c2ccccn2)cn1)NC(=O)Cn1cc(-c2ccccn2)cn1. The van der Waals surface area contributed by atoms with E-state index >= 15 is 0 Å². The molecule has 3 amide bonds. The molecule has 0 saturated heterocycles. The van der Waals surface area contributed by atoms with E-state index in [1.807, 2.05) is 36.4 Å². The summed E-state index contributed by atoms with van der Waals surface area (Å²) in [5.41, 5.74) is 3.06. The monoisotopic (exact) mass is 587 g/mol. The third-order valence-corrected chi connectivity index (χ3v) is 6.33. The fourth-order valence-corrected chi connectivity index (χ4v) is 4.15. The summed E-state index contributed by atoms with van der Waals surface area (Å²) in [4.78, 5) is 58.0. The van der Waals surface area contributed by atoms with Crippen LogP contribution in [0.1, 0.15) is 19.3 Å². The molecule has 3 N–H and O–H groups in total. The van der Waals surface area contributed by atoms with Crippen LogP contribution in [0, 0.1) is 0 Å². The van der Waals surface area contributed by atoms with Crippen LogP contribution in [0.25, 0.3) is 22.5 Å². The first-order valence-corrected chi connectivity index (χ1v) is 13.7. The molecule has 0 saturated carbocycles. The van der Waals surface area contributed by atoms with E-state index in [1.54, 1.807) is 37.2 Å². The minimum atomic E-state index is -0.896. The Bertz CT molecular complexity index is 1500. The number of carbonyl (C=O) groups is 4. The van der Waals surface area contributed by atoms with Crippen molar-refractivity contribution in [3.05, 3.63) is 73.6 Å². The topological polar surface area (TPSA) is 175 Å². The highest BCUT2D eigenvalue weighted by Gasteiger charge is 2.21. The number of hydrogen-bond donors (Lipinski definition) is 3. The normalized spacial score (nSPS) is 11.4. The summed E-state index contributed by atoms with van der Waals surface area (Å²) in [6.07, 6.45) is 11.4. The van der Waals surface area contributed by atoms with Crippen molar-refractivity contribution in [2.24, 2.45) is 0 Å². The molecule has 0 aliphatic heterocycles. The number of ether oxygens (including phenoxy) is 1. The highest BCUT2D eigenvalue weighted by molar-refractivity contribution is 5.89. The zero-order valence-corrected chi connectivity index (χ0v) is 23.7. The maximum atomic E-state index is 12.8. The summed E-state index contributed by atoms with van der Waals surface area (Å²) in [6.45, 7) is -0.00284. The Morgan fingerprint density at radius 2 is 1.42 bits per heavy atom. The van der Waals surface area contributed by atoms with Crippen molar-refractivity contribution in [1.82, 2.24) is 45.5 Å². The van der Waals surface area contributed by atoms with Crippen molar-refractivity contribution in [3.63, 3.8) is 0 Å². The molecule has 4 aromatic heterocycles. The van der Waals surface area contributed by atoms with Gasteiger partial charge < -0.3 is 20.7 Å². The van der Waals surface area contributed by atoms with Gasteiger partial charge in [-0.2, -0.15) is 10.2 Å². The van der Waals surface area contributed by atoms with Crippen LogP contribution >= 0.6 is 0 Å². The van der Waals surface area contributed by atoms with Crippen LogP contribution in [0.5, 0.6) is 0 Å². The molecular weight excluding hydrogens is 554 g/mol. The number of hydrogen-bond acceptors (Lipinski definition) is 9. The molecule has 4 aromatic rings. The maximum Gasteiger partial charge on any atom is 0.325 e. The zero-order valence-electron chi connectivity index (χ0n) is 23.7. The van der Waals surface area contributed by atoms with E-state index in [-0.39, 0.29) is 25.5 Å². The van der Waals surface area contributed by atoms with Crippen molar-refractivity contribution in [3.8, 4) is 22.5 Å². The number of unbranched alkanes of at least 4 members (excludes halogenated alkanes) is 1. The molecule has 0 aliphatic carbocycles. The van der Waals surface area contributed by atoms with Gasteiger partial charge in [-0.15, -0.1) is 0 Å². The van der Waals surface area contributed by atoms with E-state index < -0.39 is 23.8 Å². The number of methoxy groups -OCH3 is 1. The molecule has 4 rings (SSSR count). The average Bonchev–Trinajstić information content (AvgIpc) is 3.69. The largest absolute Gasteiger partial charge is 0.468 e. The van der Waals surface area contributed by atoms with E-state index in [0.29, 0.717) is 25.8 Å². The van der Waals surface area contributed by atoms with Crippen molar-refractivity contribution >= 4 is 23.7 Å². The Hall–Kier alpha value is -5.40. The van der Waals surface area contributed by atoms with Gasteiger partial charge in [-0.05, 0) is 43.5 Å². The molecule has 0 bridgehead atoms. The molecule has 0 unspecified atom stereocenters. The summed E-state index contributed by atoms with van der Waals surface area (Å²) >= 11 is 0. The minimum Gasteiger partial charge on any atom is -0.468 e. The van der Waals surface area contributed by atoms with E-state index in [1.165, 1.54) is 16.5 Å². The molecule has 14 nitrogen and oxygen atoms in total. The van der Waals surface area contributed by atoms with Crippen LogP contribution < -0.4 is 16.0 Å². The molecule has 43 heavy (non-hydrogen) atoms. The van der Waals surface area contributed by atoms with Crippen molar-refractivity contribution < 1.29 is 23.9 Å². The summed E-state index contributed by atoms with van der Waals surface area (Å²) in [6, 6.07) is 10.2. The number of aromatic nitrogens is 6. The zero-order chi connectivity index (χ0) is 30.4. The van der Waals surface area contributed by atoms with Crippen LogP contribution in [-0.4, -0.2) is 79.5 Å². The Kier molecular flexibility index (Phi) is 11.1. The lowest BCUT2D eigenvalue weighted by molar-refractivity contribution is -0.141. The van der Waals surface area contributed by atoms with Gasteiger partial charge in [-0.3, -0.25) is 38.5 Å². The Morgan fingerprint density at radius 1 is 0.814 bits per heavy atom. The van der Waals surface area contributed by atoms with E-state index in [0.717, 1.165) is 22.5 Å². The van der Waals surface area contributed by atoms with Crippen molar-refractivity contribution in [1.29, 1.82) is 0 Å². The fourth-order valence-electron chi connectivity index (χ4n) is 4.15. The number of rotatable bonds is 15. The first-order valence-electron chi connectivity index (χ1n) is 13.7. The van der Waals surface area contributed by atoms with Gasteiger partial charge in [0.1, 0.15) is 25.7 Å². The number of esters is 1. The van der Waals surface area contributed by atoms with E-state index in [9.17, 15) is 19.2 Å². The molecule has 14 heteroatoms. The summed E-state index contributed by atoms with van der Waals surface area (Å²) in [5.74, 6) is -1.75. The second-order valence-electron chi connectivity index (χ2n) is 9.54. The number of nitrogens with zero attached hydrogens (tertiary/aromatic N) is 6. The summed E-state index contributed by atoms with van der Waals surface area (Å²) in [7, 11) is 1.22. The highest BCUT2D eigenvalue weighted by atomic mass is 16.5. The van der Waals surface area contributed by atoms with E-state index in [2.05, 4.69) is 40.9 Å². The highest BCUT2D eigenvalue weighted by Crippen LogP contribution is 2.15. The molecule has 4 heterocycles. The number of amides is 3. The quantitative estimate of drug-likeness (QED) is 0.135. The second-order valence-corrected chi connectivity index (χ2v) is 9.54. The lowest BCUT2D eigenvalue weighted by Crippen LogP contribution is -2.48. The van der Waals surface area contributed by atoms with Crippen molar-refractivity contribution in [2.75, 3.05) is 20.2 Å². The Labute approximate surface area is 247 Å². The molecule has 0 fully saturated rings. The average molecular weight is 588 g/mol. The second kappa shape index (κ2) is 15.6. The van der Waals surface area contributed by atoms with Crippen LogP contribution in [0.15, 0.2) is 73.6 Å². The van der Waals surface area contributed by atoms with E-state index in [4.69, 9.17) is 0 Å². The smallest absolute Gasteiger partial charge is 0.325 e. The first-order chi connectivity index (χ1) is 20.9. The van der Waals surface area contributed by atoms with Gasteiger partial charge in [-0.1, -0.05) is 12.1 Å². The van der Waals surface area contributed by atoms with Crippen LogP contribution in [0.4, 0.5) is 0 Å². The minimum absolute atomic E-state index is 0.0525. The molecule has 0 radical (unpaired) electrons. The standard InChI is InChI=1S/C29H33N9O5/c1-43-28(41)16-33-29(42)25(36-27(40)20-38-18-22(15-35-38)24-9-3-6-12-31-24)10-4-7-13-32-26(39)19-37-17-21(14-34-37)23-8-2-5-11-30-23/h2-3,5-6,8-9,11-12,14-15,17-18,25H,4,7,10,13,16,19-20H2,1H3,(H,32,39)(H,33,42)(H,36,40)/t25-/m0/s1. The Morgan fingerprint density at radius 3 is 1.98 bits per heavy atom. The van der Waals surface area contributed by atoms with Crippen LogP contribution in [0.3, 0.4) is 0 Å².